The molecular formula is C13H22O3. The Balaban J connectivity index is 2.23. The molecule has 1 aliphatic heterocycles. The van der Waals surface area contributed by atoms with Crippen molar-refractivity contribution in [2.75, 3.05) is 6.61 Å². The molecule has 0 bridgehead atoms. The minimum atomic E-state index is -0.641. The van der Waals surface area contributed by atoms with Gasteiger partial charge in [0.05, 0.1) is 11.5 Å². The average molecular weight is 226 g/mol. The molecule has 16 heavy (non-hydrogen) atoms. The highest BCUT2D eigenvalue weighted by Gasteiger charge is 2.51. The van der Waals surface area contributed by atoms with Gasteiger partial charge in [-0.2, -0.15) is 0 Å². The molecule has 0 aromatic carbocycles. The number of aliphatic carboxylic acids is 1. The van der Waals surface area contributed by atoms with Crippen LogP contribution >= 0.6 is 0 Å². The van der Waals surface area contributed by atoms with E-state index in [4.69, 9.17) is 4.74 Å². The first-order chi connectivity index (χ1) is 7.54. The van der Waals surface area contributed by atoms with Gasteiger partial charge in [0.1, 0.15) is 0 Å². The van der Waals surface area contributed by atoms with E-state index in [2.05, 4.69) is 13.8 Å². The first-order valence-electron chi connectivity index (χ1n) is 6.39. The average Bonchev–Trinajstić information content (AvgIpc) is 2.68. The molecule has 0 radical (unpaired) electrons. The third-order valence-corrected chi connectivity index (χ3v) is 4.20. The molecule has 92 valence electrons. The fraction of sp³-hybridized carbons (Fsp3) is 0.923. The van der Waals surface area contributed by atoms with Gasteiger partial charge in [0.2, 0.25) is 0 Å². The highest BCUT2D eigenvalue weighted by molar-refractivity contribution is 5.75. The molecule has 3 unspecified atom stereocenters. The zero-order chi connectivity index (χ0) is 11.8. The number of hydrogen-bond acceptors (Lipinski definition) is 2. The van der Waals surface area contributed by atoms with Gasteiger partial charge >= 0.3 is 5.97 Å². The van der Waals surface area contributed by atoms with Crippen LogP contribution in [0, 0.1) is 17.3 Å². The van der Waals surface area contributed by atoms with Crippen LogP contribution in [0.4, 0.5) is 0 Å². The van der Waals surface area contributed by atoms with E-state index in [1.807, 2.05) is 0 Å². The number of ether oxygens (including phenoxy) is 1. The SMILES string of the molecule is CC1CC(C)CC(C(=O)O)(C2CCCO2)C1. The summed E-state index contributed by atoms with van der Waals surface area (Å²) in [6, 6.07) is 0. The third kappa shape index (κ3) is 1.97. The van der Waals surface area contributed by atoms with Gasteiger partial charge in [0.15, 0.2) is 0 Å². The first-order valence-corrected chi connectivity index (χ1v) is 6.39. The second kappa shape index (κ2) is 4.36. The second-order valence-corrected chi connectivity index (χ2v) is 5.82. The Morgan fingerprint density at radius 3 is 2.38 bits per heavy atom. The van der Waals surface area contributed by atoms with E-state index in [1.165, 1.54) is 0 Å². The Kier molecular flexibility index (Phi) is 3.24. The molecule has 0 spiro atoms. The summed E-state index contributed by atoms with van der Waals surface area (Å²) in [7, 11) is 0. The predicted molar refractivity (Wildman–Crippen MR) is 61.2 cm³/mol. The molecule has 1 saturated heterocycles. The van der Waals surface area contributed by atoms with Crippen LogP contribution in [0.3, 0.4) is 0 Å². The van der Waals surface area contributed by atoms with Gasteiger partial charge in [0.25, 0.3) is 0 Å². The number of carboxylic acid groups (broad SMARTS) is 1. The lowest BCUT2D eigenvalue weighted by atomic mass is 9.63. The van der Waals surface area contributed by atoms with Gasteiger partial charge in [-0.25, -0.2) is 0 Å². The summed E-state index contributed by atoms with van der Waals surface area (Å²) < 4.78 is 5.67. The number of carbonyl (C=O) groups is 1. The maximum Gasteiger partial charge on any atom is 0.312 e. The number of rotatable bonds is 2. The Hall–Kier alpha value is -0.570. The van der Waals surface area contributed by atoms with E-state index in [9.17, 15) is 9.90 Å². The molecule has 1 N–H and O–H groups in total. The van der Waals surface area contributed by atoms with E-state index in [0.29, 0.717) is 11.8 Å². The van der Waals surface area contributed by atoms with Crippen LogP contribution in [0.15, 0.2) is 0 Å². The van der Waals surface area contributed by atoms with E-state index in [0.717, 1.165) is 38.7 Å². The molecular weight excluding hydrogens is 204 g/mol. The maximum absolute atomic E-state index is 11.7. The molecule has 1 heterocycles. The number of hydrogen-bond donors (Lipinski definition) is 1. The van der Waals surface area contributed by atoms with E-state index in [1.54, 1.807) is 0 Å². The first kappa shape index (κ1) is 11.9. The lowest BCUT2D eigenvalue weighted by Gasteiger charge is -2.42. The highest BCUT2D eigenvalue weighted by Crippen LogP contribution is 2.48. The summed E-state index contributed by atoms with van der Waals surface area (Å²) in [5.41, 5.74) is -0.604. The zero-order valence-electron chi connectivity index (χ0n) is 10.2. The number of carboxylic acids is 1. The van der Waals surface area contributed by atoms with Crippen molar-refractivity contribution in [2.24, 2.45) is 17.3 Å². The summed E-state index contributed by atoms with van der Waals surface area (Å²) in [6.07, 6.45) is 4.63. The molecule has 1 aliphatic carbocycles. The van der Waals surface area contributed by atoms with E-state index in [-0.39, 0.29) is 6.10 Å². The van der Waals surface area contributed by atoms with Crippen molar-refractivity contribution in [3.63, 3.8) is 0 Å². The van der Waals surface area contributed by atoms with Crippen LogP contribution in [0.25, 0.3) is 0 Å². The van der Waals surface area contributed by atoms with Crippen molar-refractivity contribution >= 4 is 5.97 Å². The van der Waals surface area contributed by atoms with Crippen LogP contribution in [-0.2, 0) is 9.53 Å². The molecule has 0 amide bonds. The molecule has 0 aromatic heterocycles. The van der Waals surface area contributed by atoms with Gasteiger partial charge in [0, 0.05) is 6.61 Å². The van der Waals surface area contributed by atoms with E-state index >= 15 is 0 Å². The molecule has 3 nitrogen and oxygen atoms in total. The van der Waals surface area contributed by atoms with Crippen LogP contribution in [0.2, 0.25) is 0 Å². The molecule has 2 aliphatic rings. The molecule has 3 heteroatoms. The highest BCUT2D eigenvalue weighted by atomic mass is 16.5. The maximum atomic E-state index is 11.7. The molecule has 3 atom stereocenters. The van der Waals surface area contributed by atoms with Gasteiger partial charge in [-0.15, -0.1) is 0 Å². The molecule has 1 saturated carbocycles. The standard InChI is InChI=1S/C13H22O3/c1-9-6-10(2)8-13(7-9,12(14)15)11-4-3-5-16-11/h9-11H,3-8H2,1-2H3,(H,14,15). The van der Waals surface area contributed by atoms with Gasteiger partial charge in [-0.05, 0) is 43.9 Å². The fourth-order valence-electron chi connectivity index (χ4n) is 3.77. The second-order valence-electron chi connectivity index (χ2n) is 5.82. The summed E-state index contributed by atoms with van der Waals surface area (Å²) >= 11 is 0. The molecule has 0 aromatic rings. The predicted octanol–water partition coefficient (Wildman–Crippen LogP) is 2.69. The Morgan fingerprint density at radius 2 is 1.94 bits per heavy atom. The smallest absolute Gasteiger partial charge is 0.312 e. The van der Waals surface area contributed by atoms with Crippen LogP contribution in [0.5, 0.6) is 0 Å². The fourth-order valence-corrected chi connectivity index (χ4v) is 3.77. The Bertz CT molecular complexity index is 258. The third-order valence-electron chi connectivity index (χ3n) is 4.20. The summed E-state index contributed by atoms with van der Waals surface area (Å²) in [6.45, 7) is 5.08. The Morgan fingerprint density at radius 1 is 1.31 bits per heavy atom. The van der Waals surface area contributed by atoms with Crippen LogP contribution in [0.1, 0.15) is 46.0 Å². The van der Waals surface area contributed by atoms with Crippen molar-refractivity contribution in [1.82, 2.24) is 0 Å². The van der Waals surface area contributed by atoms with Crippen molar-refractivity contribution in [2.45, 2.75) is 52.1 Å². The van der Waals surface area contributed by atoms with Gasteiger partial charge in [-0.1, -0.05) is 13.8 Å². The van der Waals surface area contributed by atoms with Gasteiger partial charge in [-0.3, -0.25) is 4.79 Å². The molecule has 2 fully saturated rings. The summed E-state index contributed by atoms with van der Waals surface area (Å²) in [5, 5.41) is 9.60. The normalized spacial score (nSPS) is 44.5. The minimum absolute atomic E-state index is 0.0461. The van der Waals surface area contributed by atoms with E-state index < -0.39 is 11.4 Å². The van der Waals surface area contributed by atoms with Crippen molar-refractivity contribution in [3.05, 3.63) is 0 Å². The lowest BCUT2D eigenvalue weighted by molar-refractivity contribution is -0.164. The topological polar surface area (TPSA) is 46.5 Å². The summed E-state index contributed by atoms with van der Waals surface area (Å²) in [5.74, 6) is 0.367. The minimum Gasteiger partial charge on any atom is -0.481 e. The van der Waals surface area contributed by atoms with Crippen molar-refractivity contribution < 1.29 is 14.6 Å². The van der Waals surface area contributed by atoms with Crippen LogP contribution in [-0.4, -0.2) is 23.8 Å². The molecule has 2 rings (SSSR count). The van der Waals surface area contributed by atoms with Crippen molar-refractivity contribution in [3.8, 4) is 0 Å². The quantitative estimate of drug-likeness (QED) is 0.787. The lowest BCUT2D eigenvalue weighted by Crippen LogP contribution is -2.47. The largest absolute Gasteiger partial charge is 0.481 e. The monoisotopic (exact) mass is 226 g/mol. The Labute approximate surface area is 97.2 Å². The zero-order valence-corrected chi connectivity index (χ0v) is 10.2. The van der Waals surface area contributed by atoms with Gasteiger partial charge < -0.3 is 9.84 Å². The van der Waals surface area contributed by atoms with Crippen molar-refractivity contribution in [1.29, 1.82) is 0 Å². The summed E-state index contributed by atoms with van der Waals surface area (Å²) in [4.78, 5) is 11.7. The van der Waals surface area contributed by atoms with Crippen LogP contribution < -0.4 is 0 Å².